The van der Waals surface area contributed by atoms with Crippen LogP contribution in [-0.4, -0.2) is 28.8 Å². The Kier molecular flexibility index (Phi) is 9.13. The molecule has 1 atom stereocenters. The number of nitrogens with one attached hydrogen (secondary N) is 1. The van der Waals surface area contributed by atoms with E-state index in [2.05, 4.69) is 5.32 Å². The summed E-state index contributed by atoms with van der Waals surface area (Å²) in [6.07, 6.45) is 5.39. The first-order valence-corrected chi connectivity index (χ1v) is 12.2. The van der Waals surface area contributed by atoms with Gasteiger partial charge in [-0.3, -0.25) is 9.59 Å². The maximum atomic E-state index is 13.4. The van der Waals surface area contributed by atoms with Gasteiger partial charge in [0.05, 0.1) is 6.42 Å². The fraction of sp³-hybridized carbons (Fsp3) is 0.417. The molecule has 0 spiro atoms. The molecule has 2 amide bonds. The van der Waals surface area contributed by atoms with Crippen LogP contribution < -0.4 is 5.32 Å². The largest absolute Gasteiger partial charge is 0.352 e. The first-order valence-electron chi connectivity index (χ1n) is 10.7. The van der Waals surface area contributed by atoms with Crippen molar-refractivity contribution in [2.24, 2.45) is 0 Å². The number of hydrogen-bond acceptors (Lipinski definition) is 2. The molecule has 1 aliphatic rings. The Morgan fingerprint density at radius 1 is 0.938 bits per heavy atom. The molecular formula is C24H26Cl4N2O2. The van der Waals surface area contributed by atoms with E-state index >= 15 is 0 Å². The van der Waals surface area contributed by atoms with Crippen LogP contribution in [0.1, 0.15) is 50.2 Å². The summed E-state index contributed by atoms with van der Waals surface area (Å²) in [7, 11) is 0. The summed E-state index contributed by atoms with van der Waals surface area (Å²) in [5.74, 6) is -0.399. The predicted molar refractivity (Wildman–Crippen MR) is 132 cm³/mol. The number of carbonyl (C=O) groups excluding carboxylic acids is 2. The Morgan fingerprint density at radius 2 is 1.50 bits per heavy atom. The van der Waals surface area contributed by atoms with E-state index in [0.717, 1.165) is 25.7 Å². The number of carbonyl (C=O) groups is 2. The molecule has 0 heterocycles. The van der Waals surface area contributed by atoms with Crippen molar-refractivity contribution < 1.29 is 9.59 Å². The fourth-order valence-corrected chi connectivity index (χ4v) is 4.86. The number of halogens is 4. The highest BCUT2D eigenvalue weighted by Gasteiger charge is 2.29. The van der Waals surface area contributed by atoms with Gasteiger partial charge in [0.2, 0.25) is 11.8 Å². The number of rotatable bonds is 7. The summed E-state index contributed by atoms with van der Waals surface area (Å²) >= 11 is 24.6. The fourth-order valence-electron chi connectivity index (χ4n) is 3.91. The summed E-state index contributed by atoms with van der Waals surface area (Å²) in [5, 5.41) is 4.98. The number of amides is 2. The molecule has 0 bridgehead atoms. The molecule has 0 aliphatic heterocycles. The maximum absolute atomic E-state index is 13.4. The minimum Gasteiger partial charge on any atom is -0.352 e. The third-order valence-corrected chi connectivity index (χ3v) is 7.01. The molecule has 172 valence electrons. The zero-order valence-corrected chi connectivity index (χ0v) is 20.9. The number of nitrogens with zero attached hydrogens (tertiary/aromatic N) is 1. The molecular weight excluding hydrogens is 490 g/mol. The minimum atomic E-state index is -0.678. The molecule has 4 nitrogen and oxygen atoms in total. The first-order chi connectivity index (χ1) is 15.2. The highest BCUT2D eigenvalue weighted by molar-refractivity contribution is 6.35. The molecule has 2 aromatic carbocycles. The van der Waals surface area contributed by atoms with Crippen molar-refractivity contribution in [3.8, 4) is 0 Å². The first kappa shape index (κ1) is 25.2. The molecule has 3 rings (SSSR count). The van der Waals surface area contributed by atoms with Crippen LogP contribution in [-0.2, 0) is 22.6 Å². The van der Waals surface area contributed by atoms with Crippen LogP contribution in [0.4, 0.5) is 0 Å². The maximum Gasteiger partial charge on any atom is 0.242 e. The molecule has 1 aliphatic carbocycles. The summed E-state index contributed by atoms with van der Waals surface area (Å²) in [5.41, 5.74) is 1.36. The van der Waals surface area contributed by atoms with Crippen molar-refractivity contribution in [3.63, 3.8) is 0 Å². The van der Waals surface area contributed by atoms with E-state index in [-0.39, 0.29) is 30.8 Å². The van der Waals surface area contributed by atoms with Crippen LogP contribution in [0.5, 0.6) is 0 Å². The van der Waals surface area contributed by atoms with Crippen molar-refractivity contribution in [2.45, 2.75) is 64.1 Å². The average Bonchev–Trinajstić information content (AvgIpc) is 2.75. The van der Waals surface area contributed by atoms with Gasteiger partial charge in [-0.15, -0.1) is 0 Å². The van der Waals surface area contributed by atoms with Gasteiger partial charge in [0, 0.05) is 32.7 Å². The van der Waals surface area contributed by atoms with Crippen LogP contribution in [0, 0.1) is 0 Å². The summed E-state index contributed by atoms with van der Waals surface area (Å²) in [6.45, 7) is 1.92. The molecule has 1 fully saturated rings. The second-order valence-corrected chi connectivity index (χ2v) is 9.88. The van der Waals surface area contributed by atoms with E-state index < -0.39 is 6.04 Å². The summed E-state index contributed by atoms with van der Waals surface area (Å²) in [4.78, 5) is 27.9. The van der Waals surface area contributed by atoms with Gasteiger partial charge in [-0.1, -0.05) is 77.8 Å². The molecule has 0 aromatic heterocycles. The SMILES string of the molecule is CC(C(=O)NC1CCCCC1)N(Cc1ccc(Cl)cc1Cl)C(=O)Cc1ccc(Cl)cc1Cl. The van der Waals surface area contributed by atoms with E-state index in [1.54, 1.807) is 43.3 Å². The van der Waals surface area contributed by atoms with Crippen molar-refractivity contribution in [2.75, 3.05) is 0 Å². The van der Waals surface area contributed by atoms with Crippen molar-refractivity contribution in [1.82, 2.24) is 10.2 Å². The highest BCUT2D eigenvalue weighted by atomic mass is 35.5. The molecule has 32 heavy (non-hydrogen) atoms. The monoisotopic (exact) mass is 514 g/mol. The lowest BCUT2D eigenvalue weighted by molar-refractivity contribution is -0.140. The van der Waals surface area contributed by atoms with Gasteiger partial charge in [0.15, 0.2) is 0 Å². The van der Waals surface area contributed by atoms with Crippen molar-refractivity contribution in [3.05, 3.63) is 67.6 Å². The van der Waals surface area contributed by atoms with Crippen molar-refractivity contribution >= 4 is 58.2 Å². The summed E-state index contributed by atoms with van der Waals surface area (Å²) in [6, 6.07) is 9.61. The molecule has 0 saturated heterocycles. The van der Waals surface area contributed by atoms with Crippen LogP contribution in [0.2, 0.25) is 20.1 Å². The molecule has 1 saturated carbocycles. The Hall–Kier alpha value is -1.46. The third kappa shape index (κ3) is 6.77. The van der Waals surface area contributed by atoms with E-state index in [4.69, 9.17) is 46.4 Å². The predicted octanol–water partition coefficient (Wildman–Crippen LogP) is 6.71. The van der Waals surface area contributed by atoms with Gasteiger partial charge < -0.3 is 10.2 Å². The second-order valence-electron chi connectivity index (χ2n) is 8.19. The molecule has 1 unspecified atom stereocenters. The Balaban J connectivity index is 1.81. The zero-order valence-electron chi connectivity index (χ0n) is 17.8. The minimum absolute atomic E-state index is 0.0439. The van der Waals surface area contributed by atoms with Crippen LogP contribution in [0.15, 0.2) is 36.4 Å². The molecule has 1 N–H and O–H groups in total. The van der Waals surface area contributed by atoms with E-state index in [9.17, 15) is 9.59 Å². The molecule has 0 radical (unpaired) electrons. The number of benzene rings is 2. The Bertz CT molecular complexity index is 976. The van der Waals surface area contributed by atoms with Gasteiger partial charge in [-0.2, -0.15) is 0 Å². The Morgan fingerprint density at radius 3 is 2.06 bits per heavy atom. The number of hydrogen-bond donors (Lipinski definition) is 1. The normalized spacial score (nSPS) is 15.3. The second kappa shape index (κ2) is 11.6. The van der Waals surface area contributed by atoms with Crippen LogP contribution in [0.3, 0.4) is 0 Å². The third-order valence-electron chi connectivity index (χ3n) is 5.83. The van der Waals surface area contributed by atoms with Crippen LogP contribution in [0.25, 0.3) is 0 Å². The van der Waals surface area contributed by atoms with E-state index in [1.807, 2.05) is 0 Å². The average molecular weight is 516 g/mol. The van der Waals surface area contributed by atoms with Gasteiger partial charge in [0.1, 0.15) is 6.04 Å². The Labute approximate surface area is 209 Å². The lowest BCUT2D eigenvalue weighted by Crippen LogP contribution is -2.50. The van der Waals surface area contributed by atoms with Gasteiger partial charge >= 0.3 is 0 Å². The molecule has 2 aromatic rings. The zero-order chi connectivity index (χ0) is 23.3. The van der Waals surface area contributed by atoms with Gasteiger partial charge in [-0.05, 0) is 55.2 Å². The van der Waals surface area contributed by atoms with Crippen molar-refractivity contribution in [1.29, 1.82) is 0 Å². The lowest BCUT2D eigenvalue weighted by atomic mass is 9.95. The highest BCUT2D eigenvalue weighted by Crippen LogP contribution is 2.26. The standard InChI is InChI=1S/C24H26Cl4N2O2/c1-15(24(32)29-20-5-3-2-4-6-20)30(14-17-8-10-19(26)13-22(17)28)23(31)11-16-7-9-18(25)12-21(16)27/h7-10,12-13,15,20H,2-6,11,14H2,1H3,(H,29,32). The summed E-state index contributed by atoms with van der Waals surface area (Å²) < 4.78 is 0. The van der Waals surface area contributed by atoms with E-state index in [1.165, 1.54) is 11.3 Å². The topological polar surface area (TPSA) is 49.4 Å². The lowest BCUT2D eigenvalue weighted by Gasteiger charge is -2.31. The smallest absolute Gasteiger partial charge is 0.242 e. The quantitative estimate of drug-likeness (QED) is 0.445. The van der Waals surface area contributed by atoms with Crippen LogP contribution >= 0.6 is 46.4 Å². The van der Waals surface area contributed by atoms with Gasteiger partial charge in [0.25, 0.3) is 0 Å². The van der Waals surface area contributed by atoms with E-state index in [0.29, 0.717) is 31.2 Å². The van der Waals surface area contributed by atoms with Gasteiger partial charge in [-0.25, -0.2) is 0 Å². The molecule has 8 heteroatoms.